The van der Waals surface area contributed by atoms with Gasteiger partial charge in [-0.1, -0.05) is 24.3 Å². The molecule has 1 atom stereocenters. The molecule has 7 heteroatoms. The van der Waals surface area contributed by atoms with Crippen molar-refractivity contribution in [3.63, 3.8) is 0 Å². The minimum absolute atomic E-state index is 0.148. The van der Waals surface area contributed by atoms with Crippen molar-refractivity contribution < 1.29 is 4.79 Å². The van der Waals surface area contributed by atoms with Crippen LogP contribution in [0.25, 0.3) is 33.2 Å². The molecular formula is C28H24N6O. The monoisotopic (exact) mass is 460 g/mol. The molecule has 1 unspecified atom stereocenters. The molecule has 1 saturated heterocycles. The summed E-state index contributed by atoms with van der Waals surface area (Å²) in [5.41, 5.74) is 13.3. The number of aromatic nitrogens is 3. The van der Waals surface area contributed by atoms with Gasteiger partial charge in [-0.3, -0.25) is 9.36 Å². The normalized spacial score (nSPS) is 19.5. The maximum Gasteiger partial charge on any atom is 0.227 e. The van der Waals surface area contributed by atoms with Crippen molar-refractivity contribution in [2.45, 2.75) is 31.3 Å². The molecule has 2 aromatic carbocycles. The molecule has 1 aliphatic carbocycles. The van der Waals surface area contributed by atoms with Gasteiger partial charge in [0.2, 0.25) is 5.91 Å². The van der Waals surface area contributed by atoms with Gasteiger partial charge in [-0.05, 0) is 48.2 Å². The Hall–Kier alpha value is -4.15. The largest absolute Gasteiger partial charge is 0.340 e. The van der Waals surface area contributed by atoms with Crippen molar-refractivity contribution in [1.29, 1.82) is 0 Å². The summed E-state index contributed by atoms with van der Waals surface area (Å²) >= 11 is 0. The second-order valence-electron chi connectivity index (χ2n) is 9.97. The van der Waals surface area contributed by atoms with E-state index in [0.29, 0.717) is 25.2 Å². The van der Waals surface area contributed by atoms with Crippen molar-refractivity contribution >= 4 is 17.3 Å². The number of carbonyl (C=O) groups is 1. The number of amides is 1. The van der Waals surface area contributed by atoms with E-state index < -0.39 is 0 Å². The highest BCUT2D eigenvalue weighted by atomic mass is 16.2. The second kappa shape index (κ2) is 7.17. The van der Waals surface area contributed by atoms with Crippen molar-refractivity contribution in [3.8, 4) is 28.3 Å². The first-order valence-corrected chi connectivity index (χ1v) is 12.0. The Morgan fingerprint density at radius 2 is 1.91 bits per heavy atom. The third-order valence-corrected chi connectivity index (χ3v) is 7.84. The third-order valence-electron chi connectivity index (χ3n) is 7.84. The van der Waals surface area contributed by atoms with Crippen LogP contribution in [0.3, 0.4) is 0 Å². The molecule has 0 bridgehead atoms. The number of fused-ring (bicyclic) bond motifs is 5. The van der Waals surface area contributed by atoms with Crippen molar-refractivity contribution in [2.24, 2.45) is 11.7 Å². The van der Waals surface area contributed by atoms with E-state index in [0.717, 1.165) is 52.4 Å². The van der Waals surface area contributed by atoms with Crippen LogP contribution in [0.5, 0.6) is 0 Å². The van der Waals surface area contributed by atoms with Crippen LogP contribution >= 0.6 is 0 Å². The first-order valence-electron chi connectivity index (χ1n) is 12.0. The van der Waals surface area contributed by atoms with Crippen molar-refractivity contribution in [3.05, 3.63) is 84.1 Å². The van der Waals surface area contributed by atoms with Gasteiger partial charge in [0.15, 0.2) is 11.5 Å². The minimum atomic E-state index is -0.148. The summed E-state index contributed by atoms with van der Waals surface area (Å²) in [4.78, 5) is 23.0. The number of hydrogen-bond donors (Lipinski definition) is 1. The fourth-order valence-corrected chi connectivity index (χ4v) is 5.58. The molecule has 7 nitrogen and oxygen atoms in total. The summed E-state index contributed by atoms with van der Waals surface area (Å²) < 4.78 is 4.34. The molecule has 172 valence electrons. The van der Waals surface area contributed by atoms with Crippen molar-refractivity contribution in [2.75, 3.05) is 11.4 Å². The van der Waals surface area contributed by atoms with Crippen molar-refractivity contribution in [1.82, 2.24) is 14.1 Å². The zero-order chi connectivity index (χ0) is 23.7. The smallest absolute Gasteiger partial charge is 0.227 e. The number of anilines is 1. The van der Waals surface area contributed by atoms with Gasteiger partial charge >= 0.3 is 0 Å². The molecule has 0 radical (unpaired) electrons. The SMILES string of the molecule is [C-]#[N+]c1ccc(-c2cc3n(c2)Cc2cc(N4CC(C5(N)CC5)CC4=O)ccc2-n2ccnc2-3)cc1. The topological polar surface area (TPSA) is 73.4 Å². The molecule has 2 aromatic heterocycles. The highest BCUT2D eigenvalue weighted by Gasteiger charge is 2.50. The molecule has 4 aromatic rings. The van der Waals surface area contributed by atoms with Gasteiger partial charge in [-0.2, -0.15) is 0 Å². The molecule has 0 spiro atoms. The van der Waals surface area contributed by atoms with Crippen LogP contribution < -0.4 is 10.6 Å². The number of rotatable bonds is 3. The average molecular weight is 461 g/mol. The summed E-state index contributed by atoms with van der Waals surface area (Å²) in [6.07, 6.45) is 8.53. The Kier molecular flexibility index (Phi) is 4.15. The number of benzene rings is 2. The molecule has 2 aliphatic heterocycles. The zero-order valence-electron chi connectivity index (χ0n) is 19.2. The zero-order valence-corrected chi connectivity index (χ0v) is 19.2. The lowest BCUT2D eigenvalue weighted by Crippen LogP contribution is -2.34. The molecule has 3 aliphatic rings. The number of nitrogens with zero attached hydrogens (tertiary/aromatic N) is 5. The van der Waals surface area contributed by atoms with Crippen LogP contribution in [-0.4, -0.2) is 32.1 Å². The van der Waals surface area contributed by atoms with E-state index >= 15 is 0 Å². The molecule has 2 N–H and O–H groups in total. The van der Waals surface area contributed by atoms with Crippen LogP contribution in [0.1, 0.15) is 24.8 Å². The van der Waals surface area contributed by atoms with Crippen LogP contribution in [-0.2, 0) is 11.3 Å². The van der Waals surface area contributed by atoms with Gasteiger partial charge in [0.25, 0.3) is 0 Å². The quantitative estimate of drug-likeness (QED) is 0.395. The van der Waals surface area contributed by atoms with Gasteiger partial charge in [0, 0.05) is 60.8 Å². The van der Waals surface area contributed by atoms with E-state index in [2.05, 4.69) is 43.4 Å². The fraction of sp³-hybridized carbons (Fsp3) is 0.250. The standard InChI is InChI=1S/C28H24N6O/c1-30-22-4-2-18(3-5-22)19-13-25-27-31-10-11-33(27)24-7-6-23(12-20(24)16-32(25)15-19)34-17-21(14-26(34)35)28(29)8-9-28/h2-7,10-13,15,21H,8-9,14,16-17,29H2. The lowest BCUT2D eigenvalue weighted by atomic mass is 9.97. The Labute approximate surface area is 203 Å². The molecular weight excluding hydrogens is 436 g/mol. The number of hydrogen-bond acceptors (Lipinski definition) is 3. The maximum absolute atomic E-state index is 12.9. The van der Waals surface area contributed by atoms with E-state index in [1.165, 1.54) is 0 Å². The first kappa shape index (κ1) is 20.2. The Morgan fingerprint density at radius 3 is 2.69 bits per heavy atom. The van der Waals surface area contributed by atoms with Crippen LogP contribution in [0.2, 0.25) is 0 Å². The lowest BCUT2D eigenvalue weighted by Gasteiger charge is -2.21. The number of imidazole rings is 1. The summed E-state index contributed by atoms with van der Waals surface area (Å²) in [6.45, 7) is 8.57. The fourth-order valence-electron chi connectivity index (χ4n) is 5.58. The third kappa shape index (κ3) is 3.14. The van der Waals surface area contributed by atoms with Gasteiger partial charge in [0.05, 0.1) is 18.0 Å². The predicted octanol–water partition coefficient (Wildman–Crippen LogP) is 4.76. The van der Waals surface area contributed by atoms with Gasteiger partial charge in [-0.25, -0.2) is 9.83 Å². The molecule has 7 rings (SSSR count). The Bertz CT molecular complexity index is 1530. The van der Waals surface area contributed by atoms with E-state index in [1.54, 1.807) is 0 Å². The van der Waals surface area contributed by atoms with Gasteiger partial charge in [0.1, 0.15) is 0 Å². The summed E-state index contributed by atoms with van der Waals surface area (Å²) in [5, 5.41) is 0. The maximum atomic E-state index is 12.9. The van der Waals surface area contributed by atoms with E-state index in [1.807, 2.05) is 47.6 Å². The molecule has 1 saturated carbocycles. The minimum Gasteiger partial charge on any atom is -0.340 e. The van der Waals surface area contributed by atoms with Crippen LogP contribution in [0.15, 0.2) is 67.1 Å². The average Bonchev–Trinajstić information content (AvgIpc) is 3.21. The Balaban J connectivity index is 1.28. The van der Waals surface area contributed by atoms with Gasteiger partial charge < -0.3 is 15.2 Å². The highest BCUT2D eigenvalue weighted by Crippen LogP contribution is 2.45. The predicted molar refractivity (Wildman–Crippen MR) is 134 cm³/mol. The molecule has 1 amide bonds. The highest BCUT2D eigenvalue weighted by molar-refractivity contribution is 5.96. The summed E-state index contributed by atoms with van der Waals surface area (Å²) in [6, 6.07) is 16.1. The molecule has 2 fully saturated rings. The van der Waals surface area contributed by atoms with E-state index in [9.17, 15) is 4.79 Å². The van der Waals surface area contributed by atoms with Crippen LogP contribution in [0, 0.1) is 12.5 Å². The summed E-state index contributed by atoms with van der Waals surface area (Å²) in [5.74, 6) is 1.29. The first-order chi connectivity index (χ1) is 17.0. The van der Waals surface area contributed by atoms with Crippen LogP contribution in [0.4, 0.5) is 11.4 Å². The van der Waals surface area contributed by atoms with E-state index in [-0.39, 0.29) is 17.4 Å². The molecule has 35 heavy (non-hydrogen) atoms. The number of nitrogens with two attached hydrogens (primary N) is 1. The second-order valence-corrected chi connectivity index (χ2v) is 9.97. The van der Waals surface area contributed by atoms with E-state index in [4.69, 9.17) is 12.3 Å². The Morgan fingerprint density at radius 1 is 1.09 bits per heavy atom. The van der Waals surface area contributed by atoms with Gasteiger partial charge in [-0.15, -0.1) is 0 Å². The molecule has 4 heterocycles. The lowest BCUT2D eigenvalue weighted by molar-refractivity contribution is -0.117. The summed E-state index contributed by atoms with van der Waals surface area (Å²) in [7, 11) is 0. The number of carbonyl (C=O) groups excluding carboxylic acids is 1.